The van der Waals surface area contributed by atoms with Gasteiger partial charge < -0.3 is 19.5 Å². The Bertz CT molecular complexity index is 1240. The van der Waals surface area contributed by atoms with Gasteiger partial charge >= 0.3 is 0 Å². The van der Waals surface area contributed by atoms with E-state index < -0.39 is 4.92 Å². The molecule has 0 saturated carbocycles. The van der Waals surface area contributed by atoms with Crippen molar-refractivity contribution in [3.8, 4) is 11.3 Å². The van der Waals surface area contributed by atoms with Gasteiger partial charge in [0.15, 0.2) is 0 Å². The van der Waals surface area contributed by atoms with E-state index in [9.17, 15) is 19.7 Å². The average molecular weight is 460 g/mol. The molecule has 0 aliphatic carbocycles. The molecule has 9 nitrogen and oxygen atoms in total. The summed E-state index contributed by atoms with van der Waals surface area (Å²) in [7, 11) is 0. The normalized spacial score (nSPS) is 13.8. The van der Waals surface area contributed by atoms with E-state index in [0.717, 1.165) is 5.69 Å². The summed E-state index contributed by atoms with van der Waals surface area (Å²) < 4.78 is 5.70. The molecule has 1 aliphatic heterocycles. The van der Waals surface area contributed by atoms with Crippen molar-refractivity contribution in [3.63, 3.8) is 0 Å². The first-order chi connectivity index (χ1) is 16.4. The number of hydrogen-bond donors (Lipinski definition) is 1. The zero-order chi connectivity index (χ0) is 24.1. The summed E-state index contributed by atoms with van der Waals surface area (Å²) in [4.78, 5) is 38.9. The maximum atomic E-state index is 12.6. The van der Waals surface area contributed by atoms with Crippen LogP contribution in [0.1, 0.15) is 12.7 Å². The molecule has 2 heterocycles. The highest BCUT2D eigenvalue weighted by atomic mass is 16.6. The number of nitrogens with zero attached hydrogens (tertiary/aromatic N) is 3. The molecule has 0 atom stereocenters. The summed E-state index contributed by atoms with van der Waals surface area (Å²) in [6, 6.07) is 17.1. The number of nitro benzene ring substituents is 1. The molecular formula is C25H24N4O5. The average Bonchev–Trinajstić information content (AvgIpc) is 3.32. The highest BCUT2D eigenvalue weighted by Crippen LogP contribution is 2.31. The van der Waals surface area contributed by atoms with E-state index in [2.05, 4.69) is 10.2 Å². The maximum absolute atomic E-state index is 12.6. The third-order valence-electron chi connectivity index (χ3n) is 5.62. The number of para-hydroxylation sites is 3. The van der Waals surface area contributed by atoms with Gasteiger partial charge in [-0.1, -0.05) is 24.3 Å². The van der Waals surface area contributed by atoms with E-state index in [-0.39, 0.29) is 17.5 Å². The number of benzene rings is 2. The van der Waals surface area contributed by atoms with Crippen LogP contribution in [0.2, 0.25) is 0 Å². The summed E-state index contributed by atoms with van der Waals surface area (Å²) in [5.74, 6) is 0.479. The van der Waals surface area contributed by atoms with Gasteiger partial charge in [-0.3, -0.25) is 19.7 Å². The minimum atomic E-state index is -0.460. The van der Waals surface area contributed by atoms with Crippen LogP contribution in [0, 0.1) is 10.1 Å². The van der Waals surface area contributed by atoms with Gasteiger partial charge in [-0.2, -0.15) is 0 Å². The first-order valence-electron chi connectivity index (χ1n) is 10.8. The molecule has 1 aromatic heterocycles. The van der Waals surface area contributed by atoms with Gasteiger partial charge in [0.05, 0.1) is 21.9 Å². The SMILES string of the molecule is CC(=O)N1CCN(c2ccccc2NC(=O)/C=C/c2ccc(-c3ccccc3[N+](=O)[O-])o2)CC1. The Labute approximate surface area is 196 Å². The Hall–Kier alpha value is -4.40. The van der Waals surface area contributed by atoms with Gasteiger partial charge in [0.25, 0.3) is 5.69 Å². The highest BCUT2D eigenvalue weighted by Gasteiger charge is 2.21. The van der Waals surface area contributed by atoms with Gasteiger partial charge in [0, 0.05) is 45.2 Å². The number of piperazine rings is 1. The molecule has 3 aromatic rings. The first-order valence-corrected chi connectivity index (χ1v) is 10.8. The minimum Gasteiger partial charge on any atom is -0.456 e. The molecule has 1 saturated heterocycles. The number of nitro groups is 1. The topological polar surface area (TPSA) is 109 Å². The van der Waals surface area contributed by atoms with Gasteiger partial charge in [-0.25, -0.2) is 0 Å². The summed E-state index contributed by atoms with van der Waals surface area (Å²) in [5.41, 5.74) is 1.89. The Morgan fingerprint density at radius 1 is 1.00 bits per heavy atom. The highest BCUT2D eigenvalue weighted by molar-refractivity contribution is 6.03. The van der Waals surface area contributed by atoms with Gasteiger partial charge in [0.2, 0.25) is 11.8 Å². The quantitative estimate of drug-likeness (QED) is 0.336. The van der Waals surface area contributed by atoms with Crippen LogP contribution in [0.15, 0.2) is 71.2 Å². The Morgan fingerprint density at radius 3 is 2.44 bits per heavy atom. The van der Waals surface area contributed by atoms with Crippen molar-refractivity contribution in [3.05, 3.63) is 82.6 Å². The zero-order valence-corrected chi connectivity index (χ0v) is 18.6. The molecule has 0 spiro atoms. The summed E-state index contributed by atoms with van der Waals surface area (Å²) in [5, 5.41) is 14.2. The molecule has 1 N–H and O–H groups in total. The molecule has 174 valence electrons. The summed E-state index contributed by atoms with van der Waals surface area (Å²) >= 11 is 0. The smallest absolute Gasteiger partial charge is 0.280 e. The first kappa shape index (κ1) is 22.8. The zero-order valence-electron chi connectivity index (χ0n) is 18.6. The largest absolute Gasteiger partial charge is 0.456 e. The van der Waals surface area contributed by atoms with Crippen LogP contribution in [0.25, 0.3) is 17.4 Å². The molecule has 0 unspecified atom stereocenters. The van der Waals surface area contributed by atoms with Crippen molar-refractivity contribution in [1.82, 2.24) is 4.90 Å². The lowest BCUT2D eigenvalue weighted by Crippen LogP contribution is -2.48. The van der Waals surface area contributed by atoms with Crippen LogP contribution in [-0.2, 0) is 9.59 Å². The molecule has 0 bridgehead atoms. The number of furan rings is 1. The van der Waals surface area contributed by atoms with E-state index >= 15 is 0 Å². The number of nitrogens with one attached hydrogen (secondary N) is 1. The lowest BCUT2D eigenvalue weighted by atomic mass is 10.1. The molecule has 9 heteroatoms. The lowest BCUT2D eigenvalue weighted by molar-refractivity contribution is -0.384. The van der Waals surface area contributed by atoms with Gasteiger partial charge in [-0.15, -0.1) is 0 Å². The number of hydrogen-bond acceptors (Lipinski definition) is 6. The van der Waals surface area contributed by atoms with E-state index in [4.69, 9.17) is 4.42 Å². The van der Waals surface area contributed by atoms with Crippen molar-refractivity contribution in [2.75, 3.05) is 36.4 Å². The minimum absolute atomic E-state index is 0.0501. The summed E-state index contributed by atoms with van der Waals surface area (Å²) in [6.07, 6.45) is 2.87. The third kappa shape index (κ3) is 5.15. The van der Waals surface area contributed by atoms with Crippen LogP contribution in [0.4, 0.5) is 17.1 Å². The van der Waals surface area contributed by atoms with E-state index in [1.807, 2.05) is 29.2 Å². The Morgan fingerprint density at radius 2 is 1.71 bits per heavy atom. The number of amides is 2. The van der Waals surface area contributed by atoms with Crippen LogP contribution < -0.4 is 10.2 Å². The number of carbonyl (C=O) groups excluding carboxylic acids is 2. The Kier molecular flexibility index (Phi) is 6.72. The standard InChI is InChI=1S/C25H24N4O5/c1-18(30)27-14-16-28(17-15-27)23-9-5-3-7-21(23)26-25(31)13-11-19-10-12-24(34-19)20-6-2-4-8-22(20)29(32)33/h2-13H,14-17H2,1H3,(H,26,31)/b13-11+. The van der Waals surface area contributed by atoms with Crippen LogP contribution in [-0.4, -0.2) is 47.8 Å². The predicted octanol–water partition coefficient (Wildman–Crippen LogP) is 4.18. The number of rotatable bonds is 6. The van der Waals surface area contributed by atoms with E-state index in [0.29, 0.717) is 49.0 Å². The lowest BCUT2D eigenvalue weighted by Gasteiger charge is -2.36. The van der Waals surface area contributed by atoms with Crippen LogP contribution >= 0.6 is 0 Å². The molecule has 1 aliphatic rings. The van der Waals surface area contributed by atoms with E-state index in [1.54, 1.807) is 37.3 Å². The monoisotopic (exact) mass is 460 g/mol. The molecule has 4 rings (SSSR count). The van der Waals surface area contributed by atoms with Gasteiger partial charge in [-0.05, 0) is 36.4 Å². The van der Waals surface area contributed by atoms with Gasteiger partial charge in [0.1, 0.15) is 11.5 Å². The van der Waals surface area contributed by atoms with E-state index in [1.165, 1.54) is 18.2 Å². The fraction of sp³-hybridized carbons (Fsp3) is 0.200. The second kappa shape index (κ2) is 10.0. The fourth-order valence-corrected chi connectivity index (χ4v) is 3.88. The van der Waals surface area contributed by atoms with Crippen LogP contribution in [0.5, 0.6) is 0 Å². The fourth-order valence-electron chi connectivity index (χ4n) is 3.88. The van der Waals surface area contributed by atoms with Crippen molar-refractivity contribution < 1.29 is 18.9 Å². The molecular weight excluding hydrogens is 436 g/mol. The van der Waals surface area contributed by atoms with Crippen molar-refractivity contribution in [2.45, 2.75) is 6.92 Å². The van der Waals surface area contributed by atoms with Crippen molar-refractivity contribution in [2.24, 2.45) is 0 Å². The van der Waals surface area contributed by atoms with Crippen LogP contribution in [0.3, 0.4) is 0 Å². The molecule has 1 fully saturated rings. The molecule has 2 aromatic carbocycles. The number of anilines is 2. The molecule has 34 heavy (non-hydrogen) atoms. The number of carbonyl (C=O) groups is 2. The Balaban J connectivity index is 1.43. The third-order valence-corrected chi connectivity index (χ3v) is 5.62. The molecule has 2 amide bonds. The van der Waals surface area contributed by atoms with Crippen molar-refractivity contribution in [1.29, 1.82) is 0 Å². The predicted molar refractivity (Wildman–Crippen MR) is 129 cm³/mol. The second-order valence-electron chi connectivity index (χ2n) is 7.81. The molecule has 0 radical (unpaired) electrons. The second-order valence-corrected chi connectivity index (χ2v) is 7.81. The maximum Gasteiger partial charge on any atom is 0.280 e. The van der Waals surface area contributed by atoms with Crippen molar-refractivity contribution >= 4 is 35.0 Å². The summed E-state index contributed by atoms with van der Waals surface area (Å²) in [6.45, 7) is 4.21.